The molecule has 0 bridgehead atoms. The lowest BCUT2D eigenvalue weighted by Gasteiger charge is -2.09. The fraction of sp³-hybridized carbons (Fsp3) is 0.300. The lowest BCUT2D eigenvalue weighted by atomic mass is 10.1. The molecule has 9 heteroatoms. The van der Waals surface area contributed by atoms with Crippen molar-refractivity contribution >= 4 is 27.4 Å². The zero-order chi connectivity index (χ0) is 14.2. The number of hydrogen-bond acceptors (Lipinski definition) is 5. The maximum absolute atomic E-state index is 11.7. The number of nitrogens with zero attached hydrogens (tertiary/aromatic N) is 1. The minimum atomic E-state index is -3.67. The molecular weight excluding hydrogens is 276 g/mol. The molecule has 2 N–H and O–H groups in total. The zero-order valence-electron chi connectivity index (χ0n) is 9.57. The molecule has 0 atom stereocenters. The molecule has 1 fully saturated rings. The molecule has 2 rings (SSSR count). The van der Waals surface area contributed by atoms with Crippen molar-refractivity contribution in [2.45, 2.75) is 18.1 Å². The standard InChI is InChI=1S/C10H10N2O6S/c13-10(14)8-4-1-6(12(15)16)5-9(8)11-19(17,18)7-2-3-7/h1,4-5,7,11H,2-3H2,(H,13,14). The Morgan fingerprint density at radius 3 is 2.53 bits per heavy atom. The van der Waals surface area contributed by atoms with Crippen LogP contribution in [0.3, 0.4) is 0 Å². The summed E-state index contributed by atoms with van der Waals surface area (Å²) in [7, 11) is -3.67. The molecule has 0 amide bonds. The lowest BCUT2D eigenvalue weighted by molar-refractivity contribution is -0.384. The maximum atomic E-state index is 11.7. The Kier molecular flexibility index (Phi) is 3.14. The number of nitro groups is 1. The highest BCUT2D eigenvalue weighted by atomic mass is 32.2. The molecule has 1 aromatic carbocycles. The molecule has 1 aliphatic rings. The number of nitrogens with one attached hydrogen (secondary N) is 1. The van der Waals surface area contributed by atoms with Crippen LogP contribution >= 0.6 is 0 Å². The summed E-state index contributed by atoms with van der Waals surface area (Å²) in [4.78, 5) is 20.9. The van der Waals surface area contributed by atoms with Crippen LogP contribution in [0.4, 0.5) is 11.4 Å². The largest absolute Gasteiger partial charge is 0.478 e. The number of nitro benzene ring substituents is 1. The van der Waals surface area contributed by atoms with Crippen LogP contribution in [0.1, 0.15) is 23.2 Å². The second-order valence-electron chi connectivity index (χ2n) is 4.14. The van der Waals surface area contributed by atoms with E-state index in [0.29, 0.717) is 12.8 Å². The summed E-state index contributed by atoms with van der Waals surface area (Å²) >= 11 is 0. The van der Waals surface area contributed by atoms with Gasteiger partial charge in [-0.2, -0.15) is 0 Å². The number of anilines is 1. The summed E-state index contributed by atoms with van der Waals surface area (Å²) in [5, 5.41) is 19.0. The first kappa shape index (κ1) is 13.3. The Balaban J connectivity index is 2.43. The summed E-state index contributed by atoms with van der Waals surface area (Å²) in [6, 6.07) is 2.92. The van der Waals surface area contributed by atoms with Crippen LogP contribution in [-0.2, 0) is 10.0 Å². The number of non-ortho nitro benzene ring substituents is 1. The van der Waals surface area contributed by atoms with Crippen LogP contribution in [0.25, 0.3) is 0 Å². The average Bonchev–Trinajstić information content (AvgIpc) is 3.11. The molecular formula is C10H10N2O6S. The van der Waals surface area contributed by atoms with Gasteiger partial charge in [-0.3, -0.25) is 14.8 Å². The highest BCUT2D eigenvalue weighted by molar-refractivity contribution is 7.93. The van der Waals surface area contributed by atoms with E-state index < -0.39 is 26.2 Å². The van der Waals surface area contributed by atoms with Gasteiger partial charge >= 0.3 is 5.97 Å². The smallest absolute Gasteiger partial charge is 0.337 e. The monoisotopic (exact) mass is 286 g/mol. The van der Waals surface area contributed by atoms with Gasteiger partial charge in [0.15, 0.2) is 0 Å². The van der Waals surface area contributed by atoms with Crippen LogP contribution in [0.5, 0.6) is 0 Å². The highest BCUT2D eigenvalue weighted by Gasteiger charge is 2.36. The Morgan fingerprint density at radius 2 is 2.05 bits per heavy atom. The predicted octanol–water partition coefficient (Wildman–Crippen LogP) is 1.20. The van der Waals surface area contributed by atoms with Gasteiger partial charge < -0.3 is 5.11 Å². The minimum Gasteiger partial charge on any atom is -0.478 e. The number of sulfonamides is 1. The molecule has 8 nitrogen and oxygen atoms in total. The maximum Gasteiger partial charge on any atom is 0.337 e. The summed E-state index contributed by atoms with van der Waals surface area (Å²) in [5.74, 6) is -1.36. The number of aromatic carboxylic acids is 1. The first-order chi connectivity index (χ1) is 8.81. The van der Waals surface area contributed by atoms with Crippen molar-refractivity contribution in [2.24, 2.45) is 0 Å². The molecule has 102 valence electrons. The molecule has 0 heterocycles. The van der Waals surface area contributed by atoms with Crippen LogP contribution < -0.4 is 4.72 Å². The quantitative estimate of drug-likeness (QED) is 0.618. The van der Waals surface area contributed by atoms with Crippen molar-refractivity contribution in [3.05, 3.63) is 33.9 Å². The van der Waals surface area contributed by atoms with E-state index in [0.717, 1.165) is 18.2 Å². The molecule has 0 aliphatic heterocycles. The van der Waals surface area contributed by atoms with E-state index in [9.17, 15) is 23.3 Å². The molecule has 1 saturated carbocycles. The van der Waals surface area contributed by atoms with Crippen LogP contribution in [0.15, 0.2) is 18.2 Å². The summed E-state index contributed by atoms with van der Waals surface area (Å²) in [6.45, 7) is 0. The average molecular weight is 286 g/mol. The fourth-order valence-corrected chi connectivity index (χ4v) is 2.93. The van der Waals surface area contributed by atoms with Crippen LogP contribution in [0, 0.1) is 10.1 Å². The van der Waals surface area contributed by atoms with E-state index >= 15 is 0 Å². The molecule has 0 unspecified atom stereocenters. The summed E-state index contributed by atoms with van der Waals surface area (Å²) in [6.07, 6.45) is 1.01. The lowest BCUT2D eigenvalue weighted by Crippen LogP contribution is -2.19. The fourth-order valence-electron chi connectivity index (χ4n) is 1.53. The van der Waals surface area contributed by atoms with E-state index in [-0.39, 0.29) is 16.9 Å². The van der Waals surface area contributed by atoms with Crippen LogP contribution in [0.2, 0.25) is 0 Å². The summed E-state index contributed by atoms with van der Waals surface area (Å²) < 4.78 is 25.6. The predicted molar refractivity (Wildman–Crippen MR) is 65.6 cm³/mol. The van der Waals surface area contributed by atoms with Gasteiger partial charge in [-0.05, 0) is 18.9 Å². The first-order valence-corrected chi connectivity index (χ1v) is 6.89. The number of rotatable bonds is 5. The third kappa shape index (κ3) is 2.81. The topological polar surface area (TPSA) is 127 Å². The molecule has 0 saturated heterocycles. The van der Waals surface area contributed by atoms with Crippen molar-refractivity contribution in [1.82, 2.24) is 0 Å². The van der Waals surface area contributed by atoms with Crippen molar-refractivity contribution < 1.29 is 23.2 Å². The van der Waals surface area contributed by atoms with Crippen LogP contribution in [-0.4, -0.2) is 29.7 Å². The van der Waals surface area contributed by atoms with Gasteiger partial charge in [0.25, 0.3) is 5.69 Å². The number of carbonyl (C=O) groups is 1. The van der Waals surface area contributed by atoms with Gasteiger partial charge in [0.05, 0.1) is 21.4 Å². The SMILES string of the molecule is O=C(O)c1ccc([N+](=O)[O-])cc1NS(=O)(=O)C1CC1. The van der Waals surface area contributed by atoms with Crippen molar-refractivity contribution in [3.63, 3.8) is 0 Å². The molecule has 1 aromatic rings. The van der Waals surface area contributed by atoms with E-state index in [4.69, 9.17) is 5.11 Å². The molecule has 0 spiro atoms. The minimum absolute atomic E-state index is 0.284. The Hall–Kier alpha value is -2.16. The normalized spacial score (nSPS) is 14.9. The number of carboxylic acid groups (broad SMARTS) is 1. The molecule has 0 radical (unpaired) electrons. The van der Waals surface area contributed by atoms with Gasteiger partial charge in [0.2, 0.25) is 10.0 Å². The molecule has 1 aliphatic carbocycles. The Labute approximate surface area is 108 Å². The van der Waals surface area contributed by atoms with E-state index in [1.807, 2.05) is 0 Å². The van der Waals surface area contributed by atoms with Crippen molar-refractivity contribution in [2.75, 3.05) is 4.72 Å². The van der Waals surface area contributed by atoms with E-state index in [1.165, 1.54) is 0 Å². The Morgan fingerprint density at radius 1 is 1.42 bits per heavy atom. The summed E-state index contributed by atoms with van der Waals surface area (Å²) in [5.41, 5.74) is -0.984. The van der Waals surface area contributed by atoms with E-state index in [2.05, 4.69) is 4.72 Å². The van der Waals surface area contributed by atoms with Gasteiger partial charge in [-0.25, -0.2) is 13.2 Å². The van der Waals surface area contributed by atoms with Gasteiger partial charge in [-0.1, -0.05) is 0 Å². The molecule has 19 heavy (non-hydrogen) atoms. The number of hydrogen-bond donors (Lipinski definition) is 2. The molecule has 0 aromatic heterocycles. The first-order valence-electron chi connectivity index (χ1n) is 5.34. The van der Waals surface area contributed by atoms with Gasteiger partial charge in [0, 0.05) is 12.1 Å². The highest BCUT2D eigenvalue weighted by Crippen LogP contribution is 2.31. The second-order valence-corrected chi connectivity index (χ2v) is 6.10. The van der Waals surface area contributed by atoms with Crippen molar-refractivity contribution in [3.8, 4) is 0 Å². The third-order valence-electron chi connectivity index (χ3n) is 2.66. The van der Waals surface area contributed by atoms with Gasteiger partial charge in [0.1, 0.15) is 0 Å². The number of carboxylic acids is 1. The second kappa shape index (κ2) is 4.50. The zero-order valence-corrected chi connectivity index (χ0v) is 10.4. The van der Waals surface area contributed by atoms with Crippen molar-refractivity contribution in [1.29, 1.82) is 0 Å². The van der Waals surface area contributed by atoms with Gasteiger partial charge in [-0.15, -0.1) is 0 Å². The van der Waals surface area contributed by atoms with E-state index in [1.54, 1.807) is 0 Å². The number of benzene rings is 1. The Bertz CT molecular complexity index is 650. The third-order valence-corrected chi connectivity index (χ3v) is 4.51.